The molecule has 0 bridgehead atoms. The van der Waals surface area contributed by atoms with Crippen LogP contribution in [0.4, 0.5) is 4.39 Å². The lowest BCUT2D eigenvalue weighted by Gasteiger charge is -2.06. The molecule has 0 amide bonds. The smallest absolute Gasteiger partial charge is 0.159 e. The Labute approximate surface area is 113 Å². The van der Waals surface area contributed by atoms with E-state index in [2.05, 4.69) is 25.9 Å². The zero-order chi connectivity index (χ0) is 13.1. The highest BCUT2D eigenvalue weighted by atomic mass is 79.9. The van der Waals surface area contributed by atoms with Crippen molar-refractivity contribution in [1.82, 2.24) is 9.97 Å². The molecule has 0 atom stereocenters. The molecule has 5 heteroatoms. The molecule has 2 N–H and O–H groups in total. The maximum Gasteiger partial charge on any atom is 0.159 e. The summed E-state index contributed by atoms with van der Waals surface area (Å²) in [7, 11) is 0. The first-order valence-corrected chi connectivity index (χ1v) is 6.39. The van der Waals surface area contributed by atoms with Crippen LogP contribution in [0.25, 0.3) is 11.4 Å². The molecule has 1 aromatic carbocycles. The van der Waals surface area contributed by atoms with Crippen molar-refractivity contribution >= 4 is 15.9 Å². The Morgan fingerprint density at radius 2 is 2.06 bits per heavy atom. The maximum atomic E-state index is 13.2. The number of rotatable bonds is 3. The van der Waals surface area contributed by atoms with Crippen LogP contribution in [0.15, 0.2) is 28.7 Å². The van der Waals surface area contributed by atoms with Crippen LogP contribution >= 0.6 is 15.9 Å². The van der Waals surface area contributed by atoms with Gasteiger partial charge in [-0.25, -0.2) is 14.4 Å². The fourth-order valence-corrected chi connectivity index (χ4v) is 2.05. The van der Waals surface area contributed by atoms with Gasteiger partial charge in [0, 0.05) is 23.4 Å². The van der Waals surface area contributed by atoms with Crippen molar-refractivity contribution in [2.45, 2.75) is 13.3 Å². The van der Waals surface area contributed by atoms with Crippen LogP contribution in [0, 0.1) is 12.7 Å². The summed E-state index contributed by atoms with van der Waals surface area (Å²) in [6.45, 7) is 2.45. The van der Waals surface area contributed by atoms with Gasteiger partial charge in [-0.3, -0.25) is 0 Å². The molecule has 18 heavy (non-hydrogen) atoms. The summed E-state index contributed by atoms with van der Waals surface area (Å²) in [5.74, 6) is 0.299. The van der Waals surface area contributed by atoms with Gasteiger partial charge in [-0.2, -0.15) is 0 Å². The number of aromatic nitrogens is 2. The van der Waals surface area contributed by atoms with Crippen molar-refractivity contribution in [3.8, 4) is 11.4 Å². The first-order valence-electron chi connectivity index (χ1n) is 5.60. The molecule has 0 aliphatic carbocycles. The molecular formula is C13H13BrFN3. The number of halogens is 2. The summed E-state index contributed by atoms with van der Waals surface area (Å²) < 4.78 is 13.6. The Hall–Kier alpha value is -1.33. The van der Waals surface area contributed by atoms with E-state index in [4.69, 9.17) is 5.73 Å². The average Bonchev–Trinajstić information content (AvgIpc) is 2.32. The summed E-state index contributed by atoms with van der Waals surface area (Å²) in [5.41, 5.74) is 8.09. The van der Waals surface area contributed by atoms with Gasteiger partial charge in [0.1, 0.15) is 5.82 Å². The van der Waals surface area contributed by atoms with E-state index in [1.165, 1.54) is 6.07 Å². The van der Waals surface area contributed by atoms with Crippen LogP contribution in [0.3, 0.4) is 0 Å². The third-order valence-corrected chi connectivity index (χ3v) is 3.09. The molecule has 94 valence electrons. The van der Waals surface area contributed by atoms with E-state index in [0.717, 1.165) is 17.0 Å². The van der Waals surface area contributed by atoms with E-state index < -0.39 is 0 Å². The third kappa shape index (κ3) is 2.91. The van der Waals surface area contributed by atoms with Gasteiger partial charge in [-0.1, -0.05) is 0 Å². The first-order chi connectivity index (χ1) is 8.60. The lowest BCUT2D eigenvalue weighted by molar-refractivity contribution is 0.621. The molecule has 3 nitrogen and oxygen atoms in total. The van der Waals surface area contributed by atoms with Crippen LogP contribution in [-0.4, -0.2) is 16.5 Å². The second-order valence-electron chi connectivity index (χ2n) is 3.99. The molecule has 0 radical (unpaired) electrons. The molecule has 0 aliphatic rings. The number of hydrogen-bond donors (Lipinski definition) is 1. The first kappa shape index (κ1) is 13.1. The molecule has 0 saturated carbocycles. The van der Waals surface area contributed by atoms with Gasteiger partial charge in [0.2, 0.25) is 0 Å². The average molecular weight is 310 g/mol. The van der Waals surface area contributed by atoms with Gasteiger partial charge in [0.05, 0.1) is 4.47 Å². The van der Waals surface area contributed by atoms with Crippen molar-refractivity contribution in [2.24, 2.45) is 5.73 Å². The molecule has 0 aliphatic heterocycles. The molecular weight excluding hydrogens is 297 g/mol. The van der Waals surface area contributed by atoms with E-state index in [1.807, 2.05) is 13.0 Å². The van der Waals surface area contributed by atoms with E-state index in [-0.39, 0.29) is 5.82 Å². The quantitative estimate of drug-likeness (QED) is 0.948. The van der Waals surface area contributed by atoms with Crippen LogP contribution in [0.1, 0.15) is 11.4 Å². The lowest BCUT2D eigenvalue weighted by Crippen LogP contribution is -2.06. The highest BCUT2D eigenvalue weighted by Crippen LogP contribution is 2.23. The zero-order valence-electron chi connectivity index (χ0n) is 9.95. The van der Waals surface area contributed by atoms with Crippen LogP contribution in [-0.2, 0) is 6.42 Å². The monoisotopic (exact) mass is 309 g/mol. The van der Waals surface area contributed by atoms with Gasteiger partial charge in [0.25, 0.3) is 0 Å². The van der Waals surface area contributed by atoms with Crippen molar-refractivity contribution in [3.05, 3.63) is 45.9 Å². The normalized spacial score (nSPS) is 10.7. The molecule has 1 heterocycles. The molecule has 2 aromatic rings. The molecule has 0 spiro atoms. The predicted molar refractivity (Wildman–Crippen MR) is 72.6 cm³/mol. The van der Waals surface area contributed by atoms with Gasteiger partial charge in [0.15, 0.2) is 5.82 Å². The van der Waals surface area contributed by atoms with Gasteiger partial charge in [-0.15, -0.1) is 0 Å². The molecule has 1 aromatic heterocycles. The van der Waals surface area contributed by atoms with E-state index in [1.54, 1.807) is 12.1 Å². The number of aryl methyl sites for hydroxylation is 1. The van der Waals surface area contributed by atoms with Crippen LogP contribution in [0.2, 0.25) is 0 Å². The second kappa shape index (κ2) is 5.54. The number of benzene rings is 1. The fraction of sp³-hybridized carbons (Fsp3) is 0.231. The Morgan fingerprint density at radius 1 is 1.28 bits per heavy atom. The summed E-state index contributed by atoms with van der Waals surface area (Å²) in [6.07, 6.45) is 0.707. The molecule has 2 rings (SSSR count). The fourth-order valence-electron chi connectivity index (χ4n) is 1.67. The van der Waals surface area contributed by atoms with Gasteiger partial charge >= 0.3 is 0 Å². The predicted octanol–water partition coefficient (Wildman–Crippen LogP) is 2.85. The largest absolute Gasteiger partial charge is 0.330 e. The Kier molecular flexibility index (Phi) is 4.04. The maximum absolute atomic E-state index is 13.2. The zero-order valence-corrected chi connectivity index (χ0v) is 11.5. The Balaban J connectivity index is 2.46. The van der Waals surface area contributed by atoms with Crippen molar-refractivity contribution in [3.63, 3.8) is 0 Å². The minimum Gasteiger partial charge on any atom is -0.330 e. The molecule has 0 fully saturated rings. The number of nitrogens with two attached hydrogens (primary N) is 1. The Bertz CT molecular complexity index is 572. The van der Waals surface area contributed by atoms with E-state index >= 15 is 0 Å². The molecule has 0 saturated heterocycles. The van der Waals surface area contributed by atoms with Gasteiger partial charge < -0.3 is 5.73 Å². The summed E-state index contributed by atoms with van der Waals surface area (Å²) >= 11 is 3.16. The minimum atomic E-state index is -0.298. The van der Waals surface area contributed by atoms with Crippen molar-refractivity contribution in [2.75, 3.05) is 6.54 Å². The van der Waals surface area contributed by atoms with E-state index in [0.29, 0.717) is 23.3 Å². The lowest BCUT2D eigenvalue weighted by atomic mass is 10.2. The summed E-state index contributed by atoms with van der Waals surface area (Å²) in [4.78, 5) is 8.79. The van der Waals surface area contributed by atoms with Crippen LogP contribution in [0.5, 0.6) is 0 Å². The van der Waals surface area contributed by atoms with Crippen molar-refractivity contribution < 1.29 is 4.39 Å². The SMILES string of the molecule is Cc1cc(CCN)nc(-c2ccc(F)c(Br)c2)n1. The van der Waals surface area contributed by atoms with Crippen LogP contribution < -0.4 is 5.73 Å². The highest BCUT2D eigenvalue weighted by Gasteiger charge is 2.07. The highest BCUT2D eigenvalue weighted by molar-refractivity contribution is 9.10. The summed E-state index contributed by atoms with van der Waals surface area (Å²) in [5, 5.41) is 0. The Morgan fingerprint density at radius 3 is 2.72 bits per heavy atom. The second-order valence-corrected chi connectivity index (χ2v) is 4.85. The van der Waals surface area contributed by atoms with E-state index in [9.17, 15) is 4.39 Å². The number of nitrogens with zero attached hydrogens (tertiary/aromatic N) is 2. The number of hydrogen-bond acceptors (Lipinski definition) is 3. The summed E-state index contributed by atoms with van der Waals surface area (Å²) in [6, 6.07) is 6.65. The standard InChI is InChI=1S/C13H13BrFN3/c1-8-6-10(4-5-16)18-13(17-8)9-2-3-12(15)11(14)7-9/h2-3,6-7H,4-5,16H2,1H3. The van der Waals surface area contributed by atoms with Gasteiger partial charge in [-0.05, 0) is 53.7 Å². The topological polar surface area (TPSA) is 51.8 Å². The third-order valence-electron chi connectivity index (χ3n) is 2.49. The molecule has 0 unspecified atom stereocenters. The minimum absolute atomic E-state index is 0.298. The van der Waals surface area contributed by atoms with Crippen molar-refractivity contribution in [1.29, 1.82) is 0 Å².